The van der Waals surface area contributed by atoms with E-state index in [1.54, 1.807) is 30.3 Å². The number of nitrogens with zero attached hydrogens (tertiary/aromatic N) is 1. The van der Waals surface area contributed by atoms with Crippen LogP contribution in [0.5, 0.6) is 23.0 Å². The highest BCUT2D eigenvalue weighted by molar-refractivity contribution is 7.89. The van der Waals surface area contributed by atoms with Crippen molar-refractivity contribution in [1.29, 1.82) is 0 Å². The fraction of sp³-hybridized carbons (Fsp3) is 0.409. The number of carbonyl (C=O) groups is 1. The minimum absolute atomic E-state index is 0.0659. The molecule has 1 atom stereocenters. The molecular weight excluding hydrogens is 436 g/mol. The summed E-state index contributed by atoms with van der Waals surface area (Å²) < 4.78 is 49.4. The molecule has 0 radical (unpaired) electrons. The molecular formula is C22H28N2O7S. The van der Waals surface area contributed by atoms with Crippen LogP contribution in [0.3, 0.4) is 0 Å². The van der Waals surface area contributed by atoms with E-state index in [0.717, 1.165) is 4.31 Å². The van der Waals surface area contributed by atoms with E-state index in [4.69, 9.17) is 18.9 Å². The van der Waals surface area contributed by atoms with Crippen molar-refractivity contribution in [1.82, 2.24) is 4.31 Å². The van der Waals surface area contributed by atoms with Crippen molar-refractivity contribution in [2.75, 3.05) is 38.7 Å². The Morgan fingerprint density at radius 1 is 1.03 bits per heavy atom. The first kappa shape index (κ1) is 23.7. The lowest BCUT2D eigenvalue weighted by Gasteiger charge is -2.24. The number of nitrogens with one attached hydrogen (secondary N) is 1. The third kappa shape index (κ3) is 5.08. The Labute approximate surface area is 188 Å². The van der Waals surface area contributed by atoms with E-state index in [1.807, 2.05) is 13.8 Å². The predicted molar refractivity (Wildman–Crippen MR) is 119 cm³/mol. The van der Waals surface area contributed by atoms with Crippen LogP contribution in [0.25, 0.3) is 0 Å². The van der Waals surface area contributed by atoms with Crippen molar-refractivity contribution in [3.8, 4) is 23.0 Å². The van der Waals surface area contributed by atoms with Crippen LogP contribution < -0.4 is 19.5 Å². The summed E-state index contributed by atoms with van der Waals surface area (Å²) in [6.07, 6.45) is 0. The Balaban J connectivity index is 1.91. The van der Waals surface area contributed by atoms with Gasteiger partial charge in [0.25, 0.3) is 0 Å². The highest BCUT2D eigenvalue weighted by Gasteiger charge is 2.36. The third-order valence-electron chi connectivity index (χ3n) is 4.87. The SMILES string of the molecule is CCOc1cc(OCC)cc(Oc2ccc3c(c2)NCCN([C@H](C)C(=O)OC)S3(=O)=O)c1. The third-order valence-corrected chi connectivity index (χ3v) is 6.90. The Kier molecular flexibility index (Phi) is 7.47. The summed E-state index contributed by atoms with van der Waals surface area (Å²) in [6.45, 7) is 6.72. The van der Waals surface area contributed by atoms with Gasteiger partial charge in [0.05, 0.1) is 26.0 Å². The summed E-state index contributed by atoms with van der Waals surface area (Å²) in [5.74, 6) is 1.54. The number of hydrogen-bond donors (Lipinski definition) is 1. The lowest BCUT2D eigenvalue weighted by Crippen LogP contribution is -2.44. The summed E-state index contributed by atoms with van der Waals surface area (Å²) in [7, 11) is -2.68. The normalized spacial score (nSPS) is 16.1. The quantitative estimate of drug-likeness (QED) is 0.594. The zero-order chi connectivity index (χ0) is 23.3. The Morgan fingerprint density at radius 2 is 1.66 bits per heavy atom. The molecule has 1 aliphatic rings. The second-order valence-corrected chi connectivity index (χ2v) is 8.87. The van der Waals surface area contributed by atoms with Crippen molar-refractivity contribution in [3.05, 3.63) is 36.4 Å². The van der Waals surface area contributed by atoms with Gasteiger partial charge in [-0.1, -0.05) is 0 Å². The van der Waals surface area contributed by atoms with Crippen LogP contribution in [0.1, 0.15) is 20.8 Å². The minimum Gasteiger partial charge on any atom is -0.494 e. The first-order chi connectivity index (χ1) is 15.3. The number of carbonyl (C=O) groups excluding carboxylic acids is 1. The molecule has 0 fully saturated rings. The molecule has 0 bridgehead atoms. The number of sulfonamides is 1. The van der Waals surface area contributed by atoms with Gasteiger partial charge in [0.2, 0.25) is 10.0 Å². The summed E-state index contributed by atoms with van der Waals surface area (Å²) in [4.78, 5) is 12.0. The number of methoxy groups -OCH3 is 1. The lowest BCUT2D eigenvalue weighted by molar-refractivity contribution is -0.144. The van der Waals surface area contributed by atoms with Crippen LogP contribution in [0.4, 0.5) is 5.69 Å². The van der Waals surface area contributed by atoms with Crippen molar-refractivity contribution in [2.24, 2.45) is 0 Å². The monoisotopic (exact) mass is 464 g/mol. The van der Waals surface area contributed by atoms with Gasteiger partial charge in [-0.2, -0.15) is 4.31 Å². The Morgan fingerprint density at radius 3 is 2.25 bits per heavy atom. The van der Waals surface area contributed by atoms with Gasteiger partial charge < -0.3 is 24.3 Å². The second-order valence-electron chi connectivity index (χ2n) is 7.01. The number of anilines is 1. The number of ether oxygens (including phenoxy) is 4. The van der Waals surface area contributed by atoms with Crippen LogP contribution >= 0.6 is 0 Å². The van der Waals surface area contributed by atoms with Crippen molar-refractivity contribution in [3.63, 3.8) is 0 Å². The molecule has 0 aliphatic carbocycles. The molecule has 1 heterocycles. The molecule has 0 saturated heterocycles. The van der Waals surface area contributed by atoms with Gasteiger partial charge in [0.1, 0.15) is 33.9 Å². The number of rotatable bonds is 8. The van der Waals surface area contributed by atoms with E-state index in [1.165, 1.54) is 20.1 Å². The molecule has 10 heteroatoms. The van der Waals surface area contributed by atoms with E-state index >= 15 is 0 Å². The molecule has 0 spiro atoms. The fourth-order valence-corrected chi connectivity index (χ4v) is 5.15. The molecule has 9 nitrogen and oxygen atoms in total. The predicted octanol–water partition coefficient (Wildman–Crippen LogP) is 3.25. The summed E-state index contributed by atoms with van der Waals surface area (Å²) in [5.41, 5.74) is 0.396. The number of hydrogen-bond acceptors (Lipinski definition) is 8. The summed E-state index contributed by atoms with van der Waals surface area (Å²) in [6, 6.07) is 8.97. The molecule has 2 aromatic rings. The van der Waals surface area contributed by atoms with Crippen LogP contribution in [-0.2, 0) is 19.6 Å². The zero-order valence-electron chi connectivity index (χ0n) is 18.6. The number of fused-ring (bicyclic) bond motifs is 1. The molecule has 1 aliphatic heterocycles. The fourth-order valence-electron chi connectivity index (χ4n) is 3.41. The van der Waals surface area contributed by atoms with Gasteiger partial charge in [-0.25, -0.2) is 8.42 Å². The van der Waals surface area contributed by atoms with Gasteiger partial charge in [-0.15, -0.1) is 0 Å². The maximum absolute atomic E-state index is 13.2. The topological polar surface area (TPSA) is 103 Å². The van der Waals surface area contributed by atoms with Crippen LogP contribution in [0.15, 0.2) is 41.3 Å². The maximum Gasteiger partial charge on any atom is 0.323 e. The van der Waals surface area contributed by atoms with E-state index < -0.39 is 22.0 Å². The number of benzene rings is 2. The molecule has 174 valence electrons. The van der Waals surface area contributed by atoms with Gasteiger partial charge in [-0.05, 0) is 32.9 Å². The zero-order valence-corrected chi connectivity index (χ0v) is 19.4. The van der Waals surface area contributed by atoms with Crippen molar-refractivity contribution >= 4 is 21.7 Å². The standard InChI is InChI=1S/C22H28N2O7S/c1-5-29-17-11-18(30-6-2)13-19(12-17)31-16-7-8-21-20(14-16)23-9-10-24(32(21,26)27)15(3)22(25)28-4/h7-8,11-15,23H,5-6,9-10H2,1-4H3/t15-/m1/s1. The average molecular weight is 465 g/mol. The van der Waals surface area contributed by atoms with E-state index in [-0.39, 0.29) is 11.4 Å². The van der Waals surface area contributed by atoms with Crippen molar-refractivity contribution < 1.29 is 32.2 Å². The molecule has 3 rings (SSSR count). The lowest BCUT2D eigenvalue weighted by atomic mass is 10.2. The molecule has 2 aromatic carbocycles. The molecule has 1 N–H and O–H groups in total. The smallest absolute Gasteiger partial charge is 0.323 e. The Hall–Kier alpha value is -2.98. The van der Waals surface area contributed by atoms with Gasteiger partial charge >= 0.3 is 5.97 Å². The van der Waals surface area contributed by atoms with Crippen LogP contribution in [-0.4, -0.2) is 58.1 Å². The van der Waals surface area contributed by atoms with E-state index in [0.29, 0.717) is 48.4 Å². The van der Waals surface area contributed by atoms with Gasteiger partial charge in [0, 0.05) is 37.4 Å². The minimum atomic E-state index is -3.92. The highest BCUT2D eigenvalue weighted by atomic mass is 32.2. The molecule has 0 amide bonds. The van der Waals surface area contributed by atoms with Crippen LogP contribution in [0, 0.1) is 0 Å². The summed E-state index contributed by atoms with van der Waals surface area (Å²) >= 11 is 0. The summed E-state index contributed by atoms with van der Waals surface area (Å²) in [5, 5.41) is 3.11. The van der Waals surface area contributed by atoms with Crippen molar-refractivity contribution in [2.45, 2.75) is 31.7 Å². The Bertz CT molecular complexity index is 1050. The molecule has 0 saturated carbocycles. The maximum atomic E-state index is 13.2. The number of esters is 1. The first-order valence-electron chi connectivity index (χ1n) is 10.4. The van der Waals surface area contributed by atoms with Gasteiger partial charge in [-0.3, -0.25) is 4.79 Å². The molecule has 0 unspecified atom stereocenters. The molecule has 0 aromatic heterocycles. The average Bonchev–Trinajstić information content (AvgIpc) is 2.88. The van der Waals surface area contributed by atoms with Gasteiger partial charge in [0.15, 0.2) is 0 Å². The largest absolute Gasteiger partial charge is 0.494 e. The first-order valence-corrected chi connectivity index (χ1v) is 11.8. The molecule has 32 heavy (non-hydrogen) atoms. The second kappa shape index (κ2) is 10.1. The highest BCUT2D eigenvalue weighted by Crippen LogP contribution is 2.35. The van der Waals surface area contributed by atoms with Crippen LogP contribution in [0.2, 0.25) is 0 Å². The van der Waals surface area contributed by atoms with E-state index in [9.17, 15) is 13.2 Å². The van der Waals surface area contributed by atoms with E-state index in [2.05, 4.69) is 5.32 Å².